The molecule has 0 aliphatic carbocycles. The van der Waals surface area contributed by atoms with E-state index in [9.17, 15) is 13.6 Å². The lowest BCUT2D eigenvalue weighted by atomic mass is 10.3. The lowest BCUT2D eigenvalue weighted by molar-refractivity contribution is -0.137. The molecule has 0 amide bonds. The molecule has 1 fully saturated rings. The van der Waals surface area contributed by atoms with Crippen LogP contribution in [0.3, 0.4) is 0 Å². The van der Waals surface area contributed by atoms with Crippen molar-refractivity contribution in [1.82, 2.24) is 0 Å². The third kappa shape index (κ3) is 2.04. The molecule has 70 valence electrons. The lowest BCUT2D eigenvalue weighted by Gasteiger charge is -2.23. The van der Waals surface area contributed by atoms with E-state index in [0.717, 1.165) is 23.5 Å². The second-order valence-corrected chi connectivity index (χ2v) is 5.49. The predicted molar refractivity (Wildman–Crippen MR) is 45.9 cm³/mol. The molecule has 6 heteroatoms. The summed E-state index contributed by atoms with van der Waals surface area (Å²) in [5.41, 5.74) is 0. The first-order chi connectivity index (χ1) is 5.57. The van der Waals surface area contributed by atoms with E-state index in [0.29, 0.717) is 11.5 Å². The highest BCUT2D eigenvalue weighted by molar-refractivity contribution is 8.21. The average Bonchev–Trinajstić information content (AvgIpc) is 2.35. The van der Waals surface area contributed by atoms with Gasteiger partial charge in [-0.1, -0.05) is 0 Å². The molecular formula is C6H8F2O2S2. The SMILES string of the molecule is O=C(O)CC1(C(F)F)SCCS1. The lowest BCUT2D eigenvalue weighted by Crippen LogP contribution is -2.30. The number of halogens is 2. The summed E-state index contributed by atoms with van der Waals surface area (Å²) in [5.74, 6) is 0.0714. The molecule has 0 radical (unpaired) electrons. The van der Waals surface area contributed by atoms with Crippen LogP contribution in [0, 0.1) is 0 Å². The van der Waals surface area contributed by atoms with Crippen molar-refractivity contribution in [1.29, 1.82) is 0 Å². The van der Waals surface area contributed by atoms with Gasteiger partial charge in [0.2, 0.25) is 0 Å². The Balaban J connectivity index is 2.65. The van der Waals surface area contributed by atoms with Crippen molar-refractivity contribution in [2.45, 2.75) is 16.9 Å². The van der Waals surface area contributed by atoms with Crippen LogP contribution in [0.4, 0.5) is 8.78 Å². The van der Waals surface area contributed by atoms with Crippen molar-refractivity contribution in [3.05, 3.63) is 0 Å². The van der Waals surface area contributed by atoms with Crippen molar-refractivity contribution >= 4 is 29.5 Å². The fourth-order valence-electron chi connectivity index (χ4n) is 0.987. The van der Waals surface area contributed by atoms with Crippen LogP contribution < -0.4 is 0 Å². The summed E-state index contributed by atoms with van der Waals surface area (Å²) in [6.45, 7) is 0. The molecule has 0 spiro atoms. The molecular weight excluding hydrogens is 206 g/mol. The van der Waals surface area contributed by atoms with E-state index < -0.39 is 22.9 Å². The van der Waals surface area contributed by atoms with Crippen molar-refractivity contribution in [2.75, 3.05) is 11.5 Å². The first kappa shape index (κ1) is 10.1. The van der Waals surface area contributed by atoms with Crippen LogP contribution in [0.2, 0.25) is 0 Å². The smallest absolute Gasteiger partial charge is 0.305 e. The van der Waals surface area contributed by atoms with E-state index in [1.165, 1.54) is 0 Å². The van der Waals surface area contributed by atoms with E-state index in [1.807, 2.05) is 0 Å². The number of carboxylic acids is 1. The Labute approximate surface area is 77.1 Å². The second kappa shape index (κ2) is 3.83. The van der Waals surface area contributed by atoms with Gasteiger partial charge in [-0.2, -0.15) is 0 Å². The number of rotatable bonds is 3. The minimum Gasteiger partial charge on any atom is -0.481 e. The summed E-state index contributed by atoms with van der Waals surface area (Å²) in [6.07, 6.45) is -3.02. The first-order valence-electron chi connectivity index (χ1n) is 3.35. The molecule has 1 heterocycles. The van der Waals surface area contributed by atoms with Gasteiger partial charge in [0.25, 0.3) is 6.43 Å². The normalized spacial score (nSPS) is 21.6. The van der Waals surface area contributed by atoms with E-state index in [-0.39, 0.29) is 0 Å². The fraction of sp³-hybridized carbons (Fsp3) is 0.833. The standard InChI is InChI=1S/C6H8F2O2S2/c7-5(8)6(3-4(9)10)11-1-2-12-6/h5H,1-3H2,(H,9,10). The van der Waals surface area contributed by atoms with Crippen molar-refractivity contribution in [2.24, 2.45) is 0 Å². The third-order valence-corrected chi connectivity index (χ3v) is 4.91. The molecule has 0 aromatic heterocycles. The average molecular weight is 214 g/mol. The molecule has 12 heavy (non-hydrogen) atoms. The van der Waals surface area contributed by atoms with E-state index in [4.69, 9.17) is 5.11 Å². The number of carbonyl (C=O) groups is 1. The maximum Gasteiger partial charge on any atom is 0.305 e. The van der Waals surface area contributed by atoms with Gasteiger partial charge in [0.15, 0.2) is 0 Å². The van der Waals surface area contributed by atoms with Crippen LogP contribution in [0.15, 0.2) is 0 Å². The van der Waals surface area contributed by atoms with Crippen molar-refractivity contribution in [3.63, 3.8) is 0 Å². The quantitative estimate of drug-likeness (QED) is 0.778. The summed E-state index contributed by atoms with van der Waals surface area (Å²) in [7, 11) is 0. The van der Waals surface area contributed by atoms with Crippen LogP contribution >= 0.6 is 23.5 Å². The van der Waals surface area contributed by atoms with Gasteiger partial charge >= 0.3 is 5.97 Å². The molecule has 0 atom stereocenters. The zero-order valence-corrected chi connectivity index (χ0v) is 7.76. The summed E-state index contributed by atoms with van der Waals surface area (Å²) >= 11 is 2.12. The van der Waals surface area contributed by atoms with Gasteiger partial charge in [-0.05, 0) is 0 Å². The largest absolute Gasteiger partial charge is 0.481 e. The highest BCUT2D eigenvalue weighted by atomic mass is 32.2. The molecule has 2 nitrogen and oxygen atoms in total. The van der Waals surface area contributed by atoms with Gasteiger partial charge in [-0.25, -0.2) is 8.78 Å². The molecule has 1 aliphatic heterocycles. The maximum absolute atomic E-state index is 12.5. The molecule has 1 saturated heterocycles. The monoisotopic (exact) mass is 214 g/mol. The Morgan fingerprint density at radius 2 is 2.00 bits per heavy atom. The summed E-state index contributed by atoms with van der Waals surface area (Å²) in [6, 6.07) is 0. The number of thioether (sulfide) groups is 2. The summed E-state index contributed by atoms with van der Waals surface area (Å²) < 4.78 is 23.5. The molecule has 0 unspecified atom stereocenters. The molecule has 0 aromatic rings. The number of alkyl halides is 2. The first-order valence-corrected chi connectivity index (χ1v) is 5.32. The number of carboxylic acid groups (broad SMARTS) is 1. The van der Waals surface area contributed by atoms with Crippen LogP contribution in [0.5, 0.6) is 0 Å². The van der Waals surface area contributed by atoms with Gasteiger partial charge in [-0.3, -0.25) is 4.79 Å². The van der Waals surface area contributed by atoms with Gasteiger partial charge in [0.1, 0.15) is 4.08 Å². The zero-order chi connectivity index (χ0) is 9.19. The van der Waals surface area contributed by atoms with Crippen molar-refractivity contribution < 1.29 is 18.7 Å². The third-order valence-electron chi connectivity index (χ3n) is 1.51. The topological polar surface area (TPSA) is 37.3 Å². The van der Waals surface area contributed by atoms with E-state index >= 15 is 0 Å². The predicted octanol–water partition coefficient (Wildman–Crippen LogP) is 1.90. The highest BCUT2D eigenvalue weighted by Gasteiger charge is 2.46. The van der Waals surface area contributed by atoms with Crippen molar-refractivity contribution in [3.8, 4) is 0 Å². The van der Waals surface area contributed by atoms with E-state index in [1.54, 1.807) is 0 Å². The molecule has 0 saturated carbocycles. The molecule has 1 rings (SSSR count). The molecule has 1 N–H and O–H groups in total. The minimum absolute atomic E-state index is 0.458. The summed E-state index contributed by atoms with van der Waals surface area (Å²) in [5, 5.41) is 8.43. The van der Waals surface area contributed by atoms with Gasteiger partial charge < -0.3 is 5.11 Å². The van der Waals surface area contributed by atoms with E-state index in [2.05, 4.69) is 0 Å². The number of hydrogen-bond donors (Lipinski definition) is 1. The Morgan fingerprint density at radius 1 is 1.50 bits per heavy atom. The number of aliphatic carboxylic acids is 1. The second-order valence-electron chi connectivity index (χ2n) is 2.38. The van der Waals surface area contributed by atoms with Gasteiger partial charge in [-0.15, -0.1) is 23.5 Å². The molecule has 1 aliphatic rings. The number of hydrogen-bond acceptors (Lipinski definition) is 3. The van der Waals surface area contributed by atoms with Crippen LogP contribution in [-0.4, -0.2) is 33.1 Å². The Kier molecular flexibility index (Phi) is 3.22. The van der Waals surface area contributed by atoms with Crippen LogP contribution in [0.25, 0.3) is 0 Å². The Bertz CT molecular complexity index is 180. The zero-order valence-electron chi connectivity index (χ0n) is 6.13. The molecule has 0 aromatic carbocycles. The van der Waals surface area contributed by atoms with Gasteiger partial charge in [0.05, 0.1) is 6.42 Å². The molecule has 0 bridgehead atoms. The highest BCUT2D eigenvalue weighted by Crippen LogP contribution is 2.50. The summed E-state index contributed by atoms with van der Waals surface area (Å²) in [4.78, 5) is 10.3. The minimum atomic E-state index is -2.56. The van der Waals surface area contributed by atoms with Crippen LogP contribution in [-0.2, 0) is 4.79 Å². The maximum atomic E-state index is 12.5. The fourth-order valence-corrected chi connectivity index (χ4v) is 3.88. The Morgan fingerprint density at radius 3 is 2.33 bits per heavy atom. The van der Waals surface area contributed by atoms with Crippen LogP contribution in [0.1, 0.15) is 6.42 Å². The Hall–Kier alpha value is 0.0300. The van der Waals surface area contributed by atoms with Gasteiger partial charge in [0, 0.05) is 11.5 Å².